The van der Waals surface area contributed by atoms with Gasteiger partial charge in [0.2, 0.25) is 0 Å². The molecule has 100 valence electrons. The number of hydrogen-bond acceptors (Lipinski definition) is 2. The van der Waals surface area contributed by atoms with E-state index in [1.807, 2.05) is 32.0 Å². The Bertz CT molecular complexity index is 588. The first-order chi connectivity index (χ1) is 8.99. The van der Waals surface area contributed by atoms with Gasteiger partial charge in [0.15, 0.2) is 17.4 Å². The van der Waals surface area contributed by atoms with Gasteiger partial charge in [-0.15, -0.1) is 0 Å². The lowest BCUT2D eigenvalue weighted by molar-refractivity contribution is 0.395. The predicted octanol–water partition coefficient (Wildman–Crippen LogP) is 3.90. The maximum atomic E-state index is 13.2. The van der Waals surface area contributed by atoms with Crippen molar-refractivity contribution in [3.8, 4) is 5.75 Å². The summed E-state index contributed by atoms with van der Waals surface area (Å²) in [4.78, 5) is 0. The Balaban J connectivity index is 2.17. The average Bonchev–Trinajstić information content (AvgIpc) is 2.37. The molecule has 19 heavy (non-hydrogen) atoms. The lowest BCUT2D eigenvalue weighted by Crippen LogP contribution is -2.03. The molecule has 0 saturated heterocycles. The van der Waals surface area contributed by atoms with Crippen molar-refractivity contribution >= 4 is 5.69 Å². The summed E-state index contributed by atoms with van der Waals surface area (Å²) in [6.45, 7) is 4.27. The van der Waals surface area contributed by atoms with Crippen LogP contribution >= 0.6 is 0 Å². The maximum Gasteiger partial charge on any atom is 0.187 e. The average molecular weight is 263 g/mol. The summed E-state index contributed by atoms with van der Waals surface area (Å²) in [5.74, 6) is -2.83. The molecule has 0 atom stereocenters. The maximum absolute atomic E-state index is 13.2. The van der Waals surface area contributed by atoms with E-state index in [2.05, 4.69) is 5.32 Å². The minimum Gasteiger partial charge on any atom is -0.503 e. The molecule has 0 aliphatic heterocycles. The summed E-state index contributed by atoms with van der Waals surface area (Å²) in [7, 11) is 0. The monoisotopic (exact) mass is 263 g/mol. The van der Waals surface area contributed by atoms with E-state index in [0.717, 1.165) is 28.9 Å². The van der Waals surface area contributed by atoms with E-state index in [9.17, 15) is 8.78 Å². The standard InChI is InChI=1S/C15H15F2NO/c1-9-4-3-5-14(10(9)2)18-8-11-6-12(16)15(19)13(17)7-11/h3-7,18-19H,8H2,1-2H3. The molecule has 0 unspecified atom stereocenters. The van der Waals surface area contributed by atoms with Crippen molar-refractivity contribution in [1.82, 2.24) is 0 Å². The minimum absolute atomic E-state index is 0.290. The molecule has 2 N–H and O–H groups in total. The number of phenolic OH excluding ortho intramolecular Hbond substituents is 1. The highest BCUT2D eigenvalue weighted by atomic mass is 19.1. The molecule has 2 rings (SSSR count). The Hall–Kier alpha value is -2.10. The smallest absolute Gasteiger partial charge is 0.187 e. The first-order valence-corrected chi connectivity index (χ1v) is 5.96. The van der Waals surface area contributed by atoms with Crippen LogP contribution in [-0.2, 0) is 6.54 Å². The molecule has 2 nitrogen and oxygen atoms in total. The molecule has 4 heteroatoms. The largest absolute Gasteiger partial charge is 0.503 e. The molecule has 0 aromatic heterocycles. The second-order valence-electron chi connectivity index (χ2n) is 4.51. The Kier molecular flexibility index (Phi) is 3.69. The number of halogens is 2. The van der Waals surface area contributed by atoms with Gasteiger partial charge in [-0.2, -0.15) is 0 Å². The van der Waals surface area contributed by atoms with Crippen LogP contribution in [0.3, 0.4) is 0 Å². The quantitative estimate of drug-likeness (QED) is 0.880. The molecule has 0 bridgehead atoms. The van der Waals surface area contributed by atoms with E-state index in [4.69, 9.17) is 5.11 Å². The third-order valence-corrected chi connectivity index (χ3v) is 3.16. The molecule has 0 amide bonds. The lowest BCUT2D eigenvalue weighted by atomic mass is 10.1. The SMILES string of the molecule is Cc1cccc(NCc2cc(F)c(O)c(F)c2)c1C. The number of nitrogens with one attached hydrogen (secondary N) is 1. The van der Waals surface area contributed by atoms with Crippen LogP contribution in [0.5, 0.6) is 5.75 Å². The molecular weight excluding hydrogens is 248 g/mol. The molecule has 2 aromatic carbocycles. The zero-order valence-electron chi connectivity index (χ0n) is 10.8. The van der Waals surface area contributed by atoms with E-state index < -0.39 is 17.4 Å². The summed E-state index contributed by atoms with van der Waals surface area (Å²) < 4.78 is 26.4. The number of benzene rings is 2. The van der Waals surface area contributed by atoms with E-state index in [-0.39, 0.29) is 0 Å². The Morgan fingerprint density at radius 2 is 1.74 bits per heavy atom. The van der Waals surface area contributed by atoms with Crippen molar-refractivity contribution in [3.05, 3.63) is 58.7 Å². The highest BCUT2D eigenvalue weighted by molar-refractivity contribution is 5.54. The molecular formula is C15H15F2NO. The second kappa shape index (κ2) is 5.26. The predicted molar refractivity (Wildman–Crippen MR) is 71.3 cm³/mol. The normalized spacial score (nSPS) is 10.5. The molecule has 0 aliphatic carbocycles. The van der Waals surface area contributed by atoms with E-state index in [1.165, 1.54) is 0 Å². The number of phenols is 1. The van der Waals surface area contributed by atoms with E-state index in [0.29, 0.717) is 12.1 Å². The van der Waals surface area contributed by atoms with Gasteiger partial charge in [0.25, 0.3) is 0 Å². The Morgan fingerprint density at radius 1 is 1.11 bits per heavy atom. The van der Waals surface area contributed by atoms with Crippen molar-refractivity contribution < 1.29 is 13.9 Å². The topological polar surface area (TPSA) is 32.3 Å². The first-order valence-electron chi connectivity index (χ1n) is 5.96. The molecule has 0 radical (unpaired) electrons. The van der Waals surface area contributed by atoms with Gasteiger partial charge < -0.3 is 10.4 Å². The second-order valence-corrected chi connectivity index (χ2v) is 4.51. The Morgan fingerprint density at radius 3 is 2.37 bits per heavy atom. The summed E-state index contributed by atoms with van der Waals surface area (Å²) in [5, 5.41) is 12.2. The fourth-order valence-corrected chi connectivity index (χ4v) is 1.86. The van der Waals surface area contributed by atoms with Gasteiger partial charge in [-0.25, -0.2) is 8.78 Å². The summed E-state index contributed by atoms with van der Waals surface area (Å²) in [6.07, 6.45) is 0. The molecule has 0 spiro atoms. The Labute approximate surface area is 110 Å². The van der Waals surface area contributed by atoms with Crippen LogP contribution in [0.1, 0.15) is 16.7 Å². The molecule has 0 heterocycles. The van der Waals surface area contributed by atoms with Gasteiger partial charge >= 0.3 is 0 Å². The van der Waals surface area contributed by atoms with Crippen LogP contribution in [0, 0.1) is 25.5 Å². The van der Waals surface area contributed by atoms with Crippen molar-refractivity contribution in [2.45, 2.75) is 20.4 Å². The zero-order chi connectivity index (χ0) is 14.0. The minimum atomic E-state index is -0.947. The highest BCUT2D eigenvalue weighted by Gasteiger charge is 2.09. The number of hydrogen-bond donors (Lipinski definition) is 2. The van der Waals surface area contributed by atoms with Gasteiger partial charge in [-0.05, 0) is 48.7 Å². The van der Waals surface area contributed by atoms with Crippen molar-refractivity contribution in [2.75, 3.05) is 5.32 Å². The van der Waals surface area contributed by atoms with Crippen LogP contribution in [0.15, 0.2) is 30.3 Å². The van der Waals surface area contributed by atoms with Crippen molar-refractivity contribution in [3.63, 3.8) is 0 Å². The summed E-state index contributed by atoms with van der Waals surface area (Å²) >= 11 is 0. The molecule has 0 saturated carbocycles. The van der Waals surface area contributed by atoms with Crippen LogP contribution in [0.2, 0.25) is 0 Å². The number of anilines is 1. The fraction of sp³-hybridized carbons (Fsp3) is 0.200. The van der Waals surface area contributed by atoms with Gasteiger partial charge in [0, 0.05) is 12.2 Å². The molecule has 2 aromatic rings. The lowest BCUT2D eigenvalue weighted by Gasteiger charge is -2.12. The molecule has 0 aliphatic rings. The number of aryl methyl sites for hydroxylation is 1. The van der Waals surface area contributed by atoms with E-state index >= 15 is 0 Å². The third-order valence-electron chi connectivity index (χ3n) is 3.16. The number of aromatic hydroxyl groups is 1. The fourth-order valence-electron chi connectivity index (χ4n) is 1.86. The highest BCUT2D eigenvalue weighted by Crippen LogP contribution is 2.23. The summed E-state index contributed by atoms with van der Waals surface area (Å²) in [6, 6.07) is 8.08. The van der Waals surface area contributed by atoms with Crippen molar-refractivity contribution in [2.24, 2.45) is 0 Å². The third kappa shape index (κ3) is 2.84. The van der Waals surface area contributed by atoms with Gasteiger partial charge in [-0.3, -0.25) is 0 Å². The van der Waals surface area contributed by atoms with Crippen LogP contribution in [0.4, 0.5) is 14.5 Å². The summed E-state index contributed by atoms with van der Waals surface area (Å²) in [5.41, 5.74) is 3.61. The van der Waals surface area contributed by atoms with Crippen LogP contribution in [0.25, 0.3) is 0 Å². The van der Waals surface area contributed by atoms with Gasteiger partial charge in [0.1, 0.15) is 0 Å². The number of rotatable bonds is 3. The van der Waals surface area contributed by atoms with Gasteiger partial charge in [0.05, 0.1) is 0 Å². The molecule has 0 fully saturated rings. The van der Waals surface area contributed by atoms with Crippen LogP contribution in [-0.4, -0.2) is 5.11 Å². The van der Waals surface area contributed by atoms with Crippen molar-refractivity contribution in [1.29, 1.82) is 0 Å². The zero-order valence-corrected chi connectivity index (χ0v) is 10.8. The first kappa shape index (κ1) is 13.3. The van der Waals surface area contributed by atoms with Gasteiger partial charge in [-0.1, -0.05) is 12.1 Å². The van der Waals surface area contributed by atoms with E-state index in [1.54, 1.807) is 0 Å². The van der Waals surface area contributed by atoms with Crippen LogP contribution < -0.4 is 5.32 Å².